The smallest absolute Gasteiger partial charge is 0.410 e. The zero-order chi connectivity index (χ0) is 37.0. The molecule has 0 saturated heterocycles. The first-order chi connectivity index (χ1) is 25.0. The second-order valence-electron chi connectivity index (χ2n) is 14.7. The minimum atomic E-state index is -1.31. The molecule has 2 bridgehead atoms. The summed E-state index contributed by atoms with van der Waals surface area (Å²) in [5, 5.41) is 25.0. The third-order valence-corrected chi connectivity index (χ3v) is 12.5. The van der Waals surface area contributed by atoms with Crippen molar-refractivity contribution in [3.8, 4) is 11.5 Å². The Hall–Kier alpha value is -4.18. The van der Waals surface area contributed by atoms with Crippen LogP contribution in [0.3, 0.4) is 0 Å². The number of hydrogen-bond acceptors (Lipinski definition) is 8. The summed E-state index contributed by atoms with van der Waals surface area (Å²) in [6.07, 6.45) is 5.43. The van der Waals surface area contributed by atoms with E-state index >= 15 is 0 Å². The Bertz CT molecular complexity index is 1920. The van der Waals surface area contributed by atoms with E-state index in [2.05, 4.69) is 26.0 Å². The number of methoxy groups -OCH3 is 2. The molecule has 1 amide bonds. The van der Waals surface area contributed by atoms with Crippen LogP contribution in [0.1, 0.15) is 97.1 Å². The van der Waals surface area contributed by atoms with E-state index in [0.717, 1.165) is 33.2 Å². The van der Waals surface area contributed by atoms with Crippen molar-refractivity contribution < 1.29 is 34.0 Å². The van der Waals surface area contributed by atoms with Crippen molar-refractivity contribution in [2.24, 2.45) is 5.41 Å². The lowest BCUT2D eigenvalue weighted by molar-refractivity contribution is -0.0821. The molecule has 3 aliphatic carbocycles. The first-order valence-corrected chi connectivity index (χ1v) is 19.1. The summed E-state index contributed by atoms with van der Waals surface area (Å²) in [6.45, 7) is 6.40. The Kier molecular flexibility index (Phi) is 11.4. The molecule has 1 fully saturated rings. The zero-order valence-electron chi connectivity index (χ0n) is 30.9. The summed E-state index contributed by atoms with van der Waals surface area (Å²) in [5.41, 5.74) is 2.36. The van der Waals surface area contributed by atoms with Gasteiger partial charge in [0.25, 0.3) is 0 Å². The topological polar surface area (TPSA) is 106 Å². The fourth-order valence-corrected chi connectivity index (χ4v) is 9.34. The number of rotatable bonds is 9. The van der Waals surface area contributed by atoms with Crippen molar-refractivity contribution >= 4 is 33.3 Å². The van der Waals surface area contributed by atoms with Crippen LogP contribution >= 0.6 is 11.3 Å². The highest BCUT2D eigenvalue weighted by Crippen LogP contribution is 2.59. The molecule has 3 aliphatic rings. The number of benzene rings is 3. The number of amides is 1. The predicted molar refractivity (Wildman–Crippen MR) is 206 cm³/mol. The van der Waals surface area contributed by atoms with Crippen molar-refractivity contribution in [1.82, 2.24) is 4.90 Å². The van der Waals surface area contributed by atoms with Gasteiger partial charge in [-0.2, -0.15) is 0 Å². The molecule has 0 radical (unpaired) electrons. The van der Waals surface area contributed by atoms with Gasteiger partial charge in [0.2, 0.25) is 5.78 Å². The molecule has 0 spiro atoms. The maximum atomic E-state index is 14.6. The molecule has 52 heavy (non-hydrogen) atoms. The van der Waals surface area contributed by atoms with Crippen molar-refractivity contribution in [3.05, 3.63) is 106 Å². The third kappa shape index (κ3) is 7.63. The summed E-state index contributed by atoms with van der Waals surface area (Å²) in [5.74, 6) is 0.982. The van der Waals surface area contributed by atoms with Crippen molar-refractivity contribution in [2.75, 3.05) is 27.4 Å². The fraction of sp³-hybridized carbons (Fsp3) is 0.442. The Morgan fingerprint density at radius 3 is 2.56 bits per heavy atom. The molecule has 4 aromatic rings. The van der Waals surface area contributed by atoms with Gasteiger partial charge in [-0.15, -0.1) is 11.3 Å². The van der Waals surface area contributed by atoms with Crippen LogP contribution in [0.15, 0.2) is 78.4 Å². The van der Waals surface area contributed by atoms with Gasteiger partial charge < -0.3 is 29.3 Å². The molecule has 0 unspecified atom stereocenters. The van der Waals surface area contributed by atoms with Crippen LogP contribution < -0.4 is 9.47 Å². The van der Waals surface area contributed by atoms with E-state index in [1.54, 1.807) is 32.1 Å². The van der Waals surface area contributed by atoms with Crippen LogP contribution in [0, 0.1) is 5.41 Å². The van der Waals surface area contributed by atoms with E-state index in [1.807, 2.05) is 54.6 Å². The summed E-state index contributed by atoms with van der Waals surface area (Å²) < 4.78 is 17.7. The first-order valence-electron chi connectivity index (χ1n) is 18.3. The summed E-state index contributed by atoms with van der Waals surface area (Å²) >= 11 is 1.49. The van der Waals surface area contributed by atoms with Crippen molar-refractivity contribution in [1.29, 1.82) is 0 Å². The second-order valence-corrected chi connectivity index (χ2v) is 15.7. The second kappa shape index (κ2) is 15.8. The Morgan fingerprint density at radius 1 is 1.00 bits per heavy atom. The maximum Gasteiger partial charge on any atom is 0.410 e. The molecule has 1 aromatic heterocycles. The average molecular weight is 726 g/mol. The minimum absolute atomic E-state index is 0.0422. The van der Waals surface area contributed by atoms with Crippen LogP contribution in [-0.2, 0) is 17.7 Å². The fourth-order valence-electron chi connectivity index (χ4n) is 8.33. The normalized spacial score (nSPS) is 23.4. The highest BCUT2D eigenvalue weighted by Gasteiger charge is 2.58. The number of aliphatic hydroxyl groups excluding tert-OH is 1. The molecule has 0 aliphatic heterocycles. The van der Waals surface area contributed by atoms with Gasteiger partial charge in [-0.3, -0.25) is 4.79 Å². The van der Waals surface area contributed by atoms with Gasteiger partial charge in [-0.05, 0) is 112 Å². The first kappa shape index (κ1) is 37.6. The largest absolute Gasteiger partial charge is 0.497 e. The van der Waals surface area contributed by atoms with Gasteiger partial charge in [0.15, 0.2) is 0 Å². The molecule has 8 nitrogen and oxygen atoms in total. The van der Waals surface area contributed by atoms with Crippen LogP contribution in [0.2, 0.25) is 0 Å². The Labute approximate surface area is 311 Å². The summed E-state index contributed by atoms with van der Waals surface area (Å²) in [7, 11) is 3.17. The number of hydrogen-bond donors (Lipinski definition) is 2. The van der Waals surface area contributed by atoms with E-state index in [1.165, 1.54) is 16.9 Å². The van der Waals surface area contributed by atoms with Crippen molar-refractivity contribution in [2.45, 2.75) is 89.9 Å². The lowest BCUT2D eigenvalue weighted by atomic mass is 9.64. The molecule has 2 N–H and O–H groups in total. The van der Waals surface area contributed by atoms with Crippen molar-refractivity contribution in [3.63, 3.8) is 0 Å². The number of thiophene rings is 1. The monoisotopic (exact) mass is 725 g/mol. The highest BCUT2D eigenvalue weighted by molar-refractivity contribution is 7.21. The van der Waals surface area contributed by atoms with Crippen LogP contribution in [0.4, 0.5) is 4.79 Å². The molecular weight excluding hydrogens is 675 g/mol. The SMILES string of the molecule is CCOC(=O)N(Cc1ccc(OC)cc1OC)C[C@]1(O)CC[C@H]2c3ccc(cc3C(=O)c3cc4ccccc4s3)C[C@@H](O)CCC(C)=CCC[C@@]21C. The third-order valence-electron chi connectivity index (χ3n) is 11.4. The molecule has 3 aromatic carbocycles. The van der Waals surface area contributed by atoms with Gasteiger partial charge in [-0.1, -0.05) is 48.9 Å². The van der Waals surface area contributed by atoms with E-state index < -0.39 is 23.2 Å². The lowest BCUT2D eigenvalue weighted by Crippen LogP contribution is -2.53. The van der Waals surface area contributed by atoms with Gasteiger partial charge >= 0.3 is 6.09 Å². The standard InChI is InChI=1S/C43H51NO7S/c1-6-51-41(47)44(26-31-15-17-33(49-4)25-37(31)50-5)27-43(48)21-19-36-34-18-14-29(22-32(45)16-13-28(2)10-9-20-42(36,43)3)23-35(34)40(46)39-24-30-11-7-8-12-38(30)52-39/h7-8,10-12,14-15,17-18,23-25,32,36,45,48H,6,9,13,16,19-22,26-27H2,1-5H3/t32-,36-,42-,43+/m0/s1. The molecule has 9 heteroatoms. The number of aliphatic hydroxyl groups is 2. The predicted octanol–water partition coefficient (Wildman–Crippen LogP) is 8.85. The van der Waals surface area contributed by atoms with Gasteiger partial charge in [0, 0.05) is 27.3 Å². The molecule has 7 rings (SSSR count). The van der Waals surface area contributed by atoms with Crippen LogP contribution in [-0.4, -0.2) is 66.1 Å². The Balaban J connectivity index is 1.43. The highest BCUT2D eigenvalue weighted by atomic mass is 32.1. The van der Waals surface area contributed by atoms with Gasteiger partial charge in [0.1, 0.15) is 11.5 Å². The number of nitrogens with zero attached hydrogens (tertiary/aromatic N) is 1. The molecular formula is C43H51NO7S. The molecule has 4 atom stereocenters. The van der Waals surface area contributed by atoms with Gasteiger partial charge in [0.05, 0.1) is 50.5 Å². The van der Waals surface area contributed by atoms with E-state index in [4.69, 9.17) is 14.2 Å². The van der Waals surface area contributed by atoms with E-state index in [-0.39, 0.29) is 31.4 Å². The van der Waals surface area contributed by atoms with Crippen LogP contribution in [0.25, 0.3) is 10.1 Å². The van der Waals surface area contributed by atoms with E-state index in [9.17, 15) is 19.8 Å². The zero-order valence-corrected chi connectivity index (χ0v) is 31.8. The Morgan fingerprint density at radius 2 is 1.81 bits per heavy atom. The minimum Gasteiger partial charge on any atom is -0.497 e. The number of allylic oxidation sites excluding steroid dienone is 2. The van der Waals surface area contributed by atoms with Gasteiger partial charge in [-0.25, -0.2) is 4.79 Å². The average Bonchev–Trinajstić information content (AvgIpc) is 3.68. The molecule has 1 saturated carbocycles. The van der Waals surface area contributed by atoms with Crippen LogP contribution in [0.5, 0.6) is 11.5 Å². The molecule has 276 valence electrons. The quantitative estimate of drug-likeness (QED) is 0.131. The number of ether oxygens (including phenoxy) is 3. The number of fused-ring (bicyclic) bond motifs is 9. The maximum absolute atomic E-state index is 14.6. The summed E-state index contributed by atoms with van der Waals surface area (Å²) in [4.78, 5) is 30.5. The van der Waals surface area contributed by atoms with E-state index in [0.29, 0.717) is 60.5 Å². The number of ketones is 1. The lowest BCUT2D eigenvalue weighted by Gasteiger charge is -2.46. The number of carbonyl (C=O) groups is 2. The summed E-state index contributed by atoms with van der Waals surface area (Å²) in [6, 6.07) is 21.5. The number of carbonyl (C=O) groups excluding carboxylic acids is 2. The molecule has 1 heterocycles.